The van der Waals surface area contributed by atoms with E-state index in [0.29, 0.717) is 10.9 Å². The molecule has 5 aromatic rings. The van der Waals surface area contributed by atoms with Crippen molar-refractivity contribution in [1.29, 1.82) is 0 Å². The van der Waals surface area contributed by atoms with Gasteiger partial charge >= 0.3 is 0 Å². The van der Waals surface area contributed by atoms with Gasteiger partial charge in [0, 0.05) is 19.2 Å². The monoisotopic (exact) mass is 723 g/mol. The number of carbonyl (C=O) groups excluding carboxylic acids is 2. The zero-order valence-corrected chi connectivity index (χ0v) is 28.7. The predicted octanol–water partition coefficient (Wildman–Crippen LogP) is 6.26. The molecule has 1 aromatic heterocycles. The van der Waals surface area contributed by atoms with Crippen molar-refractivity contribution in [3.63, 3.8) is 0 Å². The van der Waals surface area contributed by atoms with Crippen LogP contribution in [0, 0.1) is 13.8 Å². The van der Waals surface area contributed by atoms with Crippen LogP contribution >= 0.6 is 11.5 Å². The van der Waals surface area contributed by atoms with Gasteiger partial charge in [-0.3, -0.25) is 19.0 Å². The maximum Gasteiger partial charge on any atom is 0.262 e. The second kappa shape index (κ2) is 13.5. The summed E-state index contributed by atoms with van der Waals surface area (Å²) in [5.74, 6) is -1.59. The number of phenols is 2. The van der Waals surface area contributed by atoms with Gasteiger partial charge in [-0.15, -0.1) is 10.2 Å². The van der Waals surface area contributed by atoms with Crippen LogP contribution < -0.4 is 20.1 Å². The minimum atomic E-state index is -4.25. The molecule has 0 saturated heterocycles. The second-order valence-corrected chi connectivity index (χ2v) is 14.9. The van der Waals surface area contributed by atoms with E-state index in [4.69, 9.17) is 0 Å². The summed E-state index contributed by atoms with van der Waals surface area (Å²) in [7, 11) is -8.47. The molecule has 0 saturated carbocycles. The first-order valence-corrected chi connectivity index (χ1v) is 18.0. The summed E-state index contributed by atoms with van der Waals surface area (Å²) in [6.45, 7) is 6.02. The van der Waals surface area contributed by atoms with Gasteiger partial charge in [-0.25, -0.2) is 16.8 Å². The Balaban J connectivity index is 1.41. The summed E-state index contributed by atoms with van der Waals surface area (Å²) >= 11 is 0.940. The molecule has 15 nitrogen and oxygen atoms in total. The Morgan fingerprint density at radius 2 is 1.35 bits per heavy atom. The molecule has 0 radical (unpaired) electrons. The van der Waals surface area contributed by atoms with Gasteiger partial charge in [0.1, 0.15) is 5.75 Å². The first-order chi connectivity index (χ1) is 23.0. The van der Waals surface area contributed by atoms with Crippen molar-refractivity contribution in [1.82, 2.24) is 4.37 Å². The van der Waals surface area contributed by atoms with Crippen LogP contribution in [0.2, 0.25) is 0 Å². The lowest BCUT2D eigenvalue weighted by molar-refractivity contribution is -0.115. The fourth-order valence-corrected chi connectivity index (χ4v) is 7.39. The van der Waals surface area contributed by atoms with Crippen LogP contribution in [0.5, 0.6) is 11.5 Å². The molecule has 0 bridgehead atoms. The molecule has 5 rings (SSSR count). The third kappa shape index (κ3) is 7.94. The number of nitrogens with one attached hydrogen (secondary N) is 4. The van der Waals surface area contributed by atoms with Crippen LogP contribution in [-0.2, 0) is 29.6 Å². The maximum atomic E-state index is 13.4. The molecular formula is C31H29N7O8S3. The number of sulfonamides is 2. The molecule has 0 atom stereocenters. The predicted molar refractivity (Wildman–Crippen MR) is 186 cm³/mol. The van der Waals surface area contributed by atoms with Crippen molar-refractivity contribution in [2.24, 2.45) is 10.2 Å². The first-order valence-electron chi connectivity index (χ1n) is 14.2. The van der Waals surface area contributed by atoms with Crippen molar-refractivity contribution < 1.29 is 36.6 Å². The highest BCUT2D eigenvalue weighted by atomic mass is 32.2. The van der Waals surface area contributed by atoms with Crippen molar-refractivity contribution >= 4 is 87.7 Å². The highest BCUT2D eigenvalue weighted by Crippen LogP contribution is 2.39. The summed E-state index contributed by atoms with van der Waals surface area (Å²) in [5, 5.41) is 34.5. The van der Waals surface area contributed by atoms with E-state index in [1.54, 1.807) is 13.8 Å². The SMILES string of the molecule is CC(=O)Nc1cc(N=Nc2snc3ccc(S(=O)(=O)Nc4cccc(S(=O)(=O)Nc5cc(C)c(C)cc5O)c4)cc23)cc(NC(C)=O)c1O. The van der Waals surface area contributed by atoms with Crippen LogP contribution in [0.4, 0.5) is 33.4 Å². The van der Waals surface area contributed by atoms with Gasteiger partial charge in [-0.2, -0.15) is 4.37 Å². The third-order valence-electron chi connectivity index (χ3n) is 6.96. The van der Waals surface area contributed by atoms with Gasteiger partial charge in [0.2, 0.25) is 11.8 Å². The van der Waals surface area contributed by atoms with E-state index in [2.05, 4.69) is 34.7 Å². The lowest BCUT2D eigenvalue weighted by Crippen LogP contribution is -2.15. The number of hydrogen-bond acceptors (Lipinski definition) is 12. The van der Waals surface area contributed by atoms with Gasteiger partial charge < -0.3 is 20.8 Å². The fraction of sp³-hybridized carbons (Fsp3) is 0.129. The molecule has 0 aliphatic carbocycles. The van der Waals surface area contributed by atoms with Crippen molar-refractivity contribution in [2.75, 3.05) is 20.1 Å². The number of nitrogens with zero attached hydrogens (tertiary/aromatic N) is 3. The number of aromatic hydroxyl groups is 2. The summed E-state index contributed by atoms with van der Waals surface area (Å²) in [4.78, 5) is 22.8. The Labute approximate surface area is 285 Å². The van der Waals surface area contributed by atoms with Crippen molar-refractivity contribution in [3.05, 3.63) is 77.9 Å². The zero-order valence-electron chi connectivity index (χ0n) is 26.3. The van der Waals surface area contributed by atoms with Crippen LogP contribution in [0.1, 0.15) is 25.0 Å². The molecule has 0 aliphatic rings. The number of benzene rings is 4. The van der Waals surface area contributed by atoms with Gasteiger partial charge in [-0.05, 0) is 97.2 Å². The van der Waals surface area contributed by atoms with E-state index in [0.717, 1.165) is 28.7 Å². The number of amides is 2. The lowest BCUT2D eigenvalue weighted by Gasteiger charge is -2.13. The van der Waals surface area contributed by atoms with Crippen molar-refractivity contribution in [3.8, 4) is 11.5 Å². The maximum absolute atomic E-state index is 13.4. The number of fused-ring (bicyclic) bond motifs is 1. The standard InChI is InChI=1S/C31H29N7O8S3/c1-16-10-26(29(41)11-17(16)2)38-49(45,46)22-7-5-6-20(12-22)37-48(43,44)23-8-9-25-24(15-23)31(47-36-25)35-34-21-13-27(32-18(3)39)30(42)28(14-21)33-19(4)40/h5-15,37-38,41-42H,1-4H3,(H,32,39)(H,33,40). The smallest absolute Gasteiger partial charge is 0.262 e. The highest BCUT2D eigenvalue weighted by molar-refractivity contribution is 7.93. The summed E-state index contributed by atoms with van der Waals surface area (Å²) < 4.78 is 62.1. The van der Waals surface area contributed by atoms with E-state index in [9.17, 15) is 36.6 Å². The van der Waals surface area contributed by atoms with E-state index in [1.165, 1.54) is 74.5 Å². The Kier molecular flexibility index (Phi) is 9.57. The molecule has 0 spiro atoms. The molecule has 18 heteroatoms. The molecule has 2 amide bonds. The van der Waals surface area contributed by atoms with Crippen molar-refractivity contribution in [2.45, 2.75) is 37.5 Å². The normalized spacial score (nSPS) is 11.8. The first kappa shape index (κ1) is 34.7. The van der Waals surface area contributed by atoms with E-state index >= 15 is 0 Å². The number of phenolic OH excluding ortho intramolecular Hbond substituents is 2. The summed E-state index contributed by atoms with van der Waals surface area (Å²) in [5.41, 5.74) is 2.01. The number of aryl methyl sites for hydroxylation is 2. The molecule has 0 aliphatic heterocycles. The van der Waals surface area contributed by atoms with Crippen LogP contribution in [0.25, 0.3) is 10.9 Å². The number of aromatic nitrogens is 1. The van der Waals surface area contributed by atoms with Crippen LogP contribution in [0.3, 0.4) is 0 Å². The number of carbonyl (C=O) groups is 2. The number of anilines is 4. The Morgan fingerprint density at radius 3 is 2.00 bits per heavy atom. The summed E-state index contributed by atoms with van der Waals surface area (Å²) in [6, 6.07) is 14.9. The highest BCUT2D eigenvalue weighted by Gasteiger charge is 2.21. The number of rotatable bonds is 10. The molecule has 0 unspecified atom stereocenters. The largest absolute Gasteiger partial charge is 0.506 e. The minimum absolute atomic E-state index is 0.0163. The zero-order chi connectivity index (χ0) is 35.7. The molecule has 6 N–H and O–H groups in total. The van der Waals surface area contributed by atoms with E-state index in [1.807, 2.05) is 0 Å². The quantitative estimate of drug-likeness (QED) is 0.0705. The molecule has 4 aromatic carbocycles. The average molecular weight is 724 g/mol. The molecule has 49 heavy (non-hydrogen) atoms. The van der Waals surface area contributed by atoms with Gasteiger partial charge in [0.15, 0.2) is 10.8 Å². The minimum Gasteiger partial charge on any atom is -0.506 e. The van der Waals surface area contributed by atoms with Crippen LogP contribution in [0.15, 0.2) is 86.7 Å². The fourth-order valence-electron chi connectivity index (χ4n) is 4.52. The number of hydrogen-bond donors (Lipinski definition) is 6. The number of azo groups is 1. The lowest BCUT2D eigenvalue weighted by atomic mass is 10.1. The average Bonchev–Trinajstić information content (AvgIpc) is 3.42. The van der Waals surface area contributed by atoms with Crippen LogP contribution in [-0.4, -0.2) is 43.2 Å². The third-order valence-corrected chi connectivity index (χ3v) is 10.5. The molecular weight excluding hydrogens is 695 g/mol. The summed E-state index contributed by atoms with van der Waals surface area (Å²) in [6.07, 6.45) is 0. The van der Waals surface area contributed by atoms with E-state index in [-0.39, 0.29) is 54.7 Å². The molecule has 1 heterocycles. The molecule has 0 fully saturated rings. The Morgan fingerprint density at radius 1 is 0.735 bits per heavy atom. The van der Waals surface area contributed by atoms with Gasteiger partial charge in [-0.1, -0.05) is 6.07 Å². The molecule has 254 valence electrons. The van der Waals surface area contributed by atoms with Gasteiger partial charge in [0.05, 0.1) is 43.7 Å². The topological polar surface area (TPSA) is 229 Å². The second-order valence-electron chi connectivity index (χ2n) is 10.8. The Hall–Kier alpha value is -5.59. The van der Waals surface area contributed by atoms with E-state index < -0.39 is 31.9 Å². The Bertz CT molecular complexity index is 2350. The van der Waals surface area contributed by atoms with Gasteiger partial charge in [0.25, 0.3) is 20.0 Å².